The highest BCUT2D eigenvalue weighted by atomic mass is 127. The van der Waals surface area contributed by atoms with Crippen LogP contribution in [-0.4, -0.2) is 25.1 Å². The van der Waals surface area contributed by atoms with E-state index in [1.807, 2.05) is 7.05 Å². The standard InChI is InChI=1S/C16H25N3.HI/c1-15(2,3)19-14(17-4)18-12-16(10-11-16)13-8-6-5-7-9-13;/h5-9H,10-12H2,1-4H3,(H2,17,18,19);1H. The fourth-order valence-corrected chi connectivity index (χ4v) is 2.30. The zero-order valence-electron chi connectivity index (χ0n) is 12.9. The van der Waals surface area contributed by atoms with Gasteiger partial charge in [-0.05, 0) is 39.2 Å². The first-order valence-electron chi connectivity index (χ1n) is 7.00. The maximum absolute atomic E-state index is 4.29. The van der Waals surface area contributed by atoms with E-state index in [2.05, 4.69) is 66.7 Å². The van der Waals surface area contributed by atoms with E-state index in [4.69, 9.17) is 0 Å². The van der Waals surface area contributed by atoms with Crippen molar-refractivity contribution in [3.05, 3.63) is 35.9 Å². The molecule has 112 valence electrons. The largest absolute Gasteiger partial charge is 0.356 e. The SMILES string of the molecule is CN=C(NCC1(c2ccccc2)CC1)NC(C)(C)C.I. The summed E-state index contributed by atoms with van der Waals surface area (Å²) in [6.45, 7) is 7.38. The normalized spacial score (nSPS) is 17.1. The first-order valence-corrected chi connectivity index (χ1v) is 7.00. The topological polar surface area (TPSA) is 36.4 Å². The van der Waals surface area contributed by atoms with Crippen LogP contribution in [0.3, 0.4) is 0 Å². The lowest BCUT2D eigenvalue weighted by Crippen LogP contribution is -2.49. The molecule has 0 bridgehead atoms. The predicted octanol–water partition coefficient (Wildman–Crippen LogP) is 3.30. The van der Waals surface area contributed by atoms with Crippen LogP contribution in [0.1, 0.15) is 39.2 Å². The van der Waals surface area contributed by atoms with Gasteiger partial charge in [-0.15, -0.1) is 24.0 Å². The molecule has 0 heterocycles. The molecule has 20 heavy (non-hydrogen) atoms. The van der Waals surface area contributed by atoms with Gasteiger partial charge in [0, 0.05) is 24.5 Å². The number of hydrogen-bond donors (Lipinski definition) is 2. The molecule has 4 heteroatoms. The Hall–Kier alpha value is -0.780. The lowest BCUT2D eigenvalue weighted by Gasteiger charge is -2.25. The minimum atomic E-state index is 0. The highest BCUT2D eigenvalue weighted by molar-refractivity contribution is 14.0. The molecule has 0 atom stereocenters. The minimum Gasteiger partial charge on any atom is -0.356 e. The molecule has 3 nitrogen and oxygen atoms in total. The van der Waals surface area contributed by atoms with E-state index in [9.17, 15) is 0 Å². The second-order valence-corrected chi connectivity index (χ2v) is 6.45. The van der Waals surface area contributed by atoms with Crippen molar-refractivity contribution in [3.63, 3.8) is 0 Å². The fraction of sp³-hybridized carbons (Fsp3) is 0.562. The van der Waals surface area contributed by atoms with Crippen LogP contribution in [0, 0.1) is 0 Å². The van der Waals surface area contributed by atoms with Crippen molar-refractivity contribution in [2.75, 3.05) is 13.6 Å². The average Bonchev–Trinajstić information content (AvgIpc) is 3.15. The maximum Gasteiger partial charge on any atom is 0.191 e. The molecule has 1 aliphatic rings. The summed E-state index contributed by atoms with van der Waals surface area (Å²) in [4.78, 5) is 4.29. The lowest BCUT2D eigenvalue weighted by atomic mass is 9.96. The molecular weight excluding hydrogens is 361 g/mol. The zero-order valence-corrected chi connectivity index (χ0v) is 15.2. The summed E-state index contributed by atoms with van der Waals surface area (Å²) in [6.07, 6.45) is 2.52. The quantitative estimate of drug-likeness (QED) is 0.475. The van der Waals surface area contributed by atoms with Crippen LogP contribution < -0.4 is 10.6 Å². The van der Waals surface area contributed by atoms with Gasteiger partial charge in [0.2, 0.25) is 0 Å². The van der Waals surface area contributed by atoms with E-state index in [0.29, 0.717) is 5.41 Å². The van der Waals surface area contributed by atoms with Crippen molar-refractivity contribution in [1.29, 1.82) is 0 Å². The summed E-state index contributed by atoms with van der Waals surface area (Å²) >= 11 is 0. The van der Waals surface area contributed by atoms with Crippen LogP contribution in [0.2, 0.25) is 0 Å². The zero-order chi connectivity index (χ0) is 13.9. The van der Waals surface area contributed by atoms with Gasteiger partial charge in [0.1, 0.15) is 0 Å². The Bertz CT molecular complexity index is 445. The molecule has 0 amide bonds. The number of benzene rings is 1. The Morgan fingerprint density at radius 1 is 1.20 bits per heavy atom. The molecule has 1 fully saturated rings. The van der Waals surface area contributed by atoms with Gasteiger partial charge in [-0.25, -0.2) is 0 Å². The van der Waals surface area contributed by atoms with E-state index < -0.39 is 0 Å². The number of nitrogens with zero attached hydrogens (tertiary/aromatic N) is 1. The van der Waals surface area contributed by atoms with Gasteiger partial charge in [0.25, 0.3) is 0 Å². The molecule has 2 rings (SSSR count). The van der Waals surface area contributed by atoms with E-state index in [-0.39, 0.29) is 29.5 Å². The van der Waals surface area contributed by atoms with E-state index >= 15 is 0 Å². The highest BCUT2D eigenvalue weighted by Crippen LogP contribution is 2.47. The van der Waals surface area contributed by atoms with Crippen LogP contribution in [0.4, 0.5) is 0 Å². The first-order chi connectivity index (χ1) is 8.95. The second kappa shape index (κ2) is 6.78. The molecule has 0 unspecified atom stereocenters. The maximum atomic E-state index is 4.29. The molecule has 0 radical (unpaired) electrons. The van der Waals surface area contributed by atoms with Gasteiger partial charge < -0.3 is 10.6 Å². The number of hydrogen-bond acceptors (Lipinski definition) is 1. The number of guanidine groups is 1. The summed E-state index contributed by atoms with van der Waals surface area (Å²) in [7, 11) is 1.82. The number of nitrogens with one attached hydrogen (secondary N) is 2. The molecule has 2 N–H and O–H groups in total. The molecule has 0 saturated heterocycles. The molecule has 1 saturated carbocycles. The Labute approximate surface area is 139 Å². The van der Waals surface area contributed by atoms with Crippen molar-refractivity contribution in [3.8, 4) is 0 Å². The third-order valence-corrected chi connectivity index (χ3v) is 3.55. The van der Waals surface area contributed by atoms with Crippen molar-refractivity contribution < 1.29 is 0 Å². The van der Waals surface area contributed by atoms with Crippen LogP contribution >= 0.6 is 24.0 Å². The molecule has 1 aromatic carbocycles. The Morgan fingerprint density at radius 3 is 2.25 bits per heavy atom. The summed E-state index contributed by atoms with van der Waals surface area (Å²) in [6, 6.07) is 10.8. The monoisotopic (exact) mass is 387 g/mol. The van der Waals surface area contributed by atoms with Crippen LogP contribution in [0.5, 0.6) is 0 Å². The van der Waals surface area contributed by atoms with Crippen molar-refractivity contribution in [2.45, 2.75) is 44.6 Å². The van der Waals surface area contributed by atoms with Gasteiger partial charge in [-0.1, -0.05) is 30.3 Å². The fourth-order valence-electron chi connectivity index (χ4n) is 2.30. The molecule has 0 aliphatic heterocycles. The Kier molecular flexibility index (Phi) is 5.86. The van der Waals surface area contributed by atoms with Gasteiger partial charge in [-0.3, -0.25) is 4.99 Å². The lowest BCUT2D eigenvalue weighted by molar-refractivity contribution is 0.497. The summed E-state index contributed by atoms with van der Waals surface area (Å²) in [5.41, 5.74) is 1.79. The highest BCUT2D eigenvalue weighted by Gasteiger charge is 2.44. The summed E-state index contributed by atoms with van der Waals surface area (Å²) < 4.78 is 0. The summed E-state index contributed by atoms with van der Waals surface area (Å²) in [5.74, 6) is 0.884. The smallest absolute Gasteiger partial charge is 0.191 e. The molecule has 1 aliphatic carbocycles. The third kappa shape index (κ3) is 4.65. The van der Waals surface area contributed by atoms with Crippen molar-refractivity contribution >= 4 is 29.9 Å². The van der Waals surface area contributed by atoms with Gasteiger partial charge in [0.15, 0.2) is 5.96 Å². The number of aliphatic imine (C=N–C) groups is 1. The van der Waals surface area contributed by atoms with Crippen molar-refractivity contribution in [1.82, 2.24) is 10.6 Å². The number of halogens is 1. The first kappa shape index (κ1) is 17.3. The second-order valence-electron chi connectivity index (χ2n) is 6.45. The predicted molar refractivity (Wildman–Crippen MR) is 97.0 cm³/mol. The molecule has 0 spiro atoms. The number of rotatable bonds is 3. The Morgan fingerprint density at radius 2 is 1.80 bits per heavy atom. The Balaban J connectivity index is 0.00000200. The van der Waals surface area contributed by atoms with E-state index in [1.54, 1.807) is 0 Å². The van der Waals surface area contributed by atoms with Crippen LogP contribution in [0.25, 0.3) is 0 Å². The van der Waals surface area contributed by atoms with Crippen LogP contribution in [0.15, 0.2) is 35.3 Å². The molecular formula is C16H26IN3. The van der Waals surface area contributed by atoms with Crippen LogP contribution in [-0.2, 0) is 5.41 Å². The van der Waals surface area contributed by atoms with Gasteiger partial charge >= 0.3 is 0 Å². The average molecular weight is 387 g/mol. The minimum absolute atomic E-state index is 0. The van der Waals surface area contributed by atoms with E-state index in [1.165, 1.54) is 18.4 Å². The third-order valence-electron chi connectivity index (χ3n) is 3.55. The van der Waals surface area contributed by atoms with Crippen molar-refractivity contribution in [2.24, 2.45) is 4.99 Å². The van der Waals surface area contributed by atoms with Gasteiger partial charge in [0.05, 0.1) is 0 Å². The molecule has 1 aromatic rings. The molecule has 0 aromatic heterocycles. The van der Waals surface area contributed by atoms with Gasteiger partial charge in [-0.2, -0.15) is 0 Å². The summed E-state index contributed by atoms with van der Waals surface area (Å²) in [5, 5.41) is 6.86. The van der Waals surface area contributed by atoms with E-state index in [0.717, 1.165) is 12.5 Å².